The molecule has 1 aromatic rings. The highest BCUT2D eigenvalue weighted by atomic mass is 35.5. The summed E-state index contributed by atoms with van der Waals surface area (Å²) in [6.07, 6.45) is 2.05. The Morgan fingerprint density at radius 1 is 1.38 bits per heavy atom. The molecule has 16 heavy (non-hydrogen) atoms. The zero-order valence-corrected chi connectivity index (χ0v) is 11.0. The molecule has 1 unspecified atom stereocenters. The van der Waals surface area contributed by atoms with Gasteiger partial charge < -0.3 is 10.1 Å². The van der Waals surface area contributed by atoms with Crippen molar-refractivity contribution >= 4 is 11.6 Å². The number of rotatable bonds is 6. The Balaban J connectivity index is 2.80. The third-order valence-electron chi connectivity index (χ3n) is 2.69. The second-order valence-electron chi connectivity index (χ2n) is 3.82. The molecule has 1 rings (SSSR count). The van der Waals surface area contributed by atoms with Gasteiger partial charge in [0.2, 0.25) is 0 Å². The number of nitrogens with one attached hydrogen (secondary N) is 1. The number of ether oxygens (including phenoxy) is 1. The van der Waals surface area contributed by atoms with Gasteiger partial charge in [0.1, 0.15) is 5.75 Å². The maximum absolute atomic E-state index is 6.00. The van der Waals surface area contributed by atoms with Gasteiger partial charge in [-0.3, -0.25) is 0 Å². The van der Waals surface area contributed by atoms with Crippen LogP contribution < -0.4 is 10.1 Å². The Hall–Kier alpha value is -0.730. The lowest BCUT2D eigenvalue weighted by molar-refractivity contribution is 0.404. The Bertz CT molecular complexity index is 328. The molecular formula is C13H20ClNO. The van der Waals surface area contributed by atoms with Gasteiger partial charge in [-0.15, -0.1) is 0 Å². The largest absolute Gasteiger partial charge is 0.496 e. The van der Waals surface area contributed by atoms with Crippen LogP contribution in [0.15, 0.2) is 18.2 Å². The lowest BCUT2D eigenvalue weighted by atomic mass is 10.0. The average molecular weight is 242 g/mol. The van der Waals surface area contributed by atoms with Crippen LogP contribution in [0.25, 0.3) is 0 Å². The van der Waals surface area contributed by atoms with Crippen LogP contribution in [-0.4, -0.2) is 19.7 Å². The maximum atomic E-state index is 6.00. The van der Waals surface area contributed by atoms with Crippen molar-refractivity contribution < 1.29 is 4.74 Å². The monoisotopic (exact) mass is 241 g/mol. The summed E-state index contributed by atoms with van der Waals surface area (Å²) in [7, 11) is 1.70. The molecule has 0 aliphatic heterocycles. The van der Waals surface area contributed by atoms with Crippen LogP contribution in [0.4, 0.5) is 0 Å². The summed E-state index contributed by atoms with van der Waals surface area (Å²) in [6, 6.07) is 6.26. The highest BCUT2D eigenvalue weighted by molar-refractivity contribution is 6.30. The van der Waals surface area contributed by atoms with Crippen LogP contribution >= 0.6 is 11.6 Å². The van der Waals surface area contributed by atoms with Crippen molar-refractivity contribution in [1.82, 2.24) is 5.32 Å². The predicted molar refractivity (Wildman–Crippen MR) is 69.5 cm³/mol. The highest BCUT2D eigenvalue weighted by Gasteiger charge is 2.10. The van der Waals surface area contributed by atoms with E-state index in [2.05, 4.69) is 19.2 Å². The van der Waals surface area contributed by atoms with E-state index in [1.54, 1.807) is 7.11 Å². The summed E-state index contributed by atoms with van der Waals surface area (Å²) in [6.45, 7) is 5.30. The molecule has 0 bridgehead atoms. The molecule has 0 saturated heterocycles. The fourth-order valence-electron chi connectivity index (χ4n) is 1.82. The van der Waals surface area contributed by atoms with Crippen LogP contribution in [0, 0.1) is 0 Å². The zero-order valence-electron chi connectivity index (χ0n) is 10.2. The van der Waals surface area contributed by atoms with Gasteiger partial charge in [-0.05, 0) is 43.1 Å². The third kappa shape index (κ3) is 3.69. The second-order valence-corrected chi connectivity index (χ2v) is 4.26. The molecule has 0 heterocycles. The Kier molecular flexibility index (Phi) is 5.64. The molecule has 1 atom stereocenters. The van der Waals surface area contributed by atoms with Gasteiger partial charge >= 0.3 is 0 Å². The van der Waals surface area contributed by atoms with E-state index in [1.165, 1.54) is 5.56 Å². The smallest absolute Gasteiger partial charge is 0.122 e. The number of hydrogen-bond donors (Lipinski definition) is 1. The molecule has 3 heteroatoms. The lowest BCUT2D eigenvalue weighted by Gasteiger charge is -2.17. The van der Waals surface area contributed by atoms with E-state index in [0.717, 1.165) is 30.2 Å². The molecule has 1 aromatic carbocycles. The molecule has 0 radical (unpaired) electrons. The number of likely N-dealkylation sites (N-methyl/N-ethyl adjacent to an activating group) is 1. The quantitative estimate of drug-likeness (QED) is 0.825. The number of halogens is 1. The highest BCUT2D eigenvalue weighted by Crippen LogP contribution is 2.24. The molecule has 1 N–H and O–H groups in total. The van der Waals surface area contributed by atoms with Gasteiger partial charge in [0.25, 0.3) is 0 Å². The van der Waals surface area contributed by atoms with Crippen molar-refractivity contribution in [2.45, 2.75) is 32.7 Å². The van der Waals surface area contributed by atoms with E-state index in [4.69, 9.17) is 16.3 Å². The molecular weight excluding hydrogens is 222 g/mol. The van der Waals surface area contributed by atoms with Crippen molar-refractivity contribution in [2.75, 3.05) is 13.7 Å². The summed E-state index contributed by atoms with van der Waals surface area (Å²) in [5.41, 5.74) is 1.17. The van der Waals surface area contributed by atoms with E-state index >= 15 is 0 Å². The Morgan fingerprint density at radius 2 is 2.12 bits per heavy atom. The minimum Gasteiger partial charge on any atom is -0.496 e. The molecule has 0 aliphatic carbocycles. The fraction of sp³-hybridized carbons (Fsp3) is 0.538. The first-order chi connectivity index (χ1) is 7.71. The van der Waals surface area contributed by atoms with E-state index in [9.17, 15) is 0 Å². The van der Waals surface area contributed by atoms with Crippen LogP contribution in [0.5, 0.6) is 5.75 Å². The Morgan fingerprint density at radius 3 is 2.69 bits per heavy atom. The molecule has 90 valence electrons. The number of hydrogen-bond acceptors (Lipinski definition) is 2. The molecule has 0 spiro atoms. The summed E-state index contributed by atoms with van der Waals surface area (Å²) < 4.78 is 5.34. The van der Waals surface area contributed by atoms with Crippen LogP contribution in [0.1, 0.15) is 25.8 Å². The standard InChI is InChI=1S/C13H20ClNO/c1-4-12(15-5-2)9-10-8-11(14)6-7-13(10)16-3/h6-8,12,15H,4-5,9H2,1-3H3. The SMILES string of the molecule is CCNC(CC)Cc1cc(Cl)ccc1OC. The molecule has 2 nitrogen and oxygen atoms in total. The van der Waals surface area contributed by atoms with Crippen LogP contribution in [0.2, 0.25) is 5.02 Å². The summed E-state index contributed by atoms with van der Waals surface area (Å²) >= 11 is 6.00. The van der Waals surface area contributed by atoms with Gasteiger partial charge in [0.05, 0.1) is 7.11 Å². The number of benzene rings is 1. The van der Waals surface area contributed by atoms with Crippen molar-refractivity contribution in [3.05, 3.63) is 28.8 Å². The summed E-state index contributed by atoms with van der Waals surface area (Å²) in [5, 5.41) is 4.22. The first-order valence-electron chi connectivity index (χ1n) is 5.77. The molecule has 0 amide bonds. The van der Waals surface area contributed by atoms with Crippen LogP contribution in [0.3, 0.4) is 0 Å². The minimum absolute atomic E-state index is 0.484. The van der Waals surface area contributed by atoms with Gasteiger partial charge in [-0.25, -0.2) is 0 Å². The summed E-state index contributed by atoms with van der Waals surface area (Å²) in [5.74, 6) is 0.917. The van der Waals surface area contributed by atoms with Crippen molar-refractivity contribution in [1.29, 1.82) is 0 Å². The average Bonchev–Trinajstić information content (AvgIpc) is 2.29. The molecule has 0 saturated carbocycles. The van der Waals surface area contributed by atoms with Gasteiger partial charge in [0.15, 0.2) is 0 Å². The van der Waals surface area contributed by atoms with Crippen molar-refractivity contribution in [2.24, 2.45) is 0 Å². The third-order valence-corrected chi connectivity index (χ3v) is 2.93. The fourth-order valence-corrected chi connectivity index (χ4v) is 2.02. The Labute approximate surface area is 103 Å². The second kappa shape index (κ2) is 6.77. The summed E-state index contributed by atoms with van der Waals surface area (Å²) in [4.78, 5) is 0. The molecule has 0 aliphatic rings. The van der Waals surface area contributed by atoms with E-state index in [0.29, 0.717) is 6.04 Å². The molecule has 0 aromatic heterocycles. The predicted octanol–water partition coefficient (Wildman–Crippen LogP) is 3.28. The van der Waals surface area contributed by atoms with Gasteiger partial charge in [0, 0.05) is 11.1 Å². The first kappa shape index (κ1) is 13.3. The van der Waals surface area contributed by atoms with E-state index in [1.807, 2.05) is 18.2 Å². The normalized spacial score (nSPS) is 12.5. The topological polar surface area (TPSA) is 21.3 Å². The van der Waals surface area contributed by atoms with Gasteiger partial charge in [-0.1, -0.05) is 25.4 Å². The zero-order chi connectivity index (χ0) is 12.0. The number of methoxy groups -OCH3 is 1. The van der Waals surface area contributed by atoms with Gasteiger partial charge in [-0.2, -0.15) is 0 Å². The molecule has 0 fully saturated rings. The maximum Gasteiger partial charge on any atom is 0.122 e. The van der Waals surface area contributed by atoms with E-state index in [-0.39, 0.29) is 0 Å². The minimum atomic E-state index is 0.484. The van der Waals surface area contributed by atoms with E-state index < -0.39 is 0 Å². The lowest BCUT2D eigenvalue weighted by Crippen LogP contribution is -2.30. The van der Waals surface area contributed by atoms with Crippen LogP contribution in [-0.2, 0) is 6.42 Å². The van der Waals surface area contributed by atoms with Crippen molar-refractivity contribution in [3.8, 4) is 5.75 Å². The first-order valence-corrected chi connectivity index (χ1v) is 6.14. The van der Waals surface area contributed by atoms with Crippen molar-refractivity contribution in [3.63, 3.8) is 0 Å².